The molecule has 1 aromatic heterocycles. The minimum Gasteiger partial charge on any atom is -0.384 e. The smallest absolute Gasteiger partial charge is 0.194 e. The Labute approximate surface area is 118 Å². The van der Waals surface area contributed by atoms with E-state index in [2.05, 4.69) is 9.88 Å². The molecule has 1 atom stereocenters. The summed E-state index contributed by atoms with van der Waals surface area (Å²) in [4.78, 5) is 17.7. The summed E-state index contributed by atoms with van der Waals surface area (Å²) in [5.74, 6) is -0.187. The maximum Gasteiger partial charge on any atom is 0.194 e. The maximum atomic E-state index is 12.4. The Hall–Kier alpha value is -1.65. The molecule has 2 heterocycles. The van der Waals surface area contributed by atoms with Gasteiger partial charge < -0.3 is 15.0 Å². The Kier molecular flexibility index (Phi) is 3.85. The summed E-state index contributed by atoms with van der Waals surface area (Å²) >= 11 is 0. The molecule has 4 heteroatoms. The van der Waals surface area contributed by atoms with Crippen molar-refractivity contribution < 1.29 is 9.90 Å². The molecule has 1 aliphatic rings. The zero-order chi connectivity index (χ0) is 13.9. The van der Waals surface area contributed by atoms with Crippen molar-refractivity contribution in [2.45, 2.75) is 25.4 Å². The van der Waals surface area contributed by atoms with Gasteiger partial charge >= 0.3 is 0 Å². The van der Waals surface area contributed by atoms with E-state index >= 15 is 0 Å². The SMILES string of the molecule is O=C(c1c[nH]c2ccccc12)C(O)CN1CCCCC1. The number of para-hydroxylation sites is 1. The minimum absolute atomic E-state index is 0.187. The Bertz CT molecular complexity index is 599. The molecule has 0 spiro atoms. The molecule has 1 saturated heterocycles. The fourth-order valence-electron chi connectivity index (χ4n) is 2.92. The standard InChI is InChI=1S/C16H20N2O2/c19-15(11-18-8-4-1-5-9-18)16(20)13-10-17-14-7-3-2-6-12(13)14/h2-3,6-7,10,15,17,19H,1,4-5,8-9,11H2. The van der Waals surface area contributed by atoms with Crippen LogP contribution in [0.4, 0.5) is 0 Å². The molecule has 1 unspecified atom stereocenters. The monoisotopic (exact) mass is 272 g/mol. The number of fused-ring (bicyclic) bond motifs is 1. The number of aromatic nitrogens is 1. The van der Waals surface area contributed by atoms with Crippen molar-refractivity contribution in [3.8, 4) is 0 Å². The van der Waals surface area contributed by atoms with Gasteiger partial charge in [-0.15, -0.1) is 0 Å². The number of Topliss-reactive ketones (excluding diaryl/α,β-unsaturated/α-hetero) is 1. The fraction of sp³-hybridized carbons (Fsp3) is 0.438. The van der Waals surface area contributed by atoms with Gasteiger partial charge in [0.05, 0.1) is 0 Å². The van der Waals surface area contributed by atoms with E-state index in [1.165, 1.54) is 6.42 Å². The number of β-amino-alcohol motifs (C(OH)–C–C–N with tert-alkyl or cyclic N) is 1. The third-order valence-electron chi connectivity index (χ3n) is 4.04. The van der Waals surface area contributed by atoms with Gasteiger partial charge in [-0.1, -0.05) is 24.6 Å². The average Bonchev–Trinajstić information content (AvgIpc) is 2.91. The number of H-pyrrole nitrogens is 1. The molecule has 4 nitrogen and oxygen atoms in total. The molecule has 2 aromatic rings. The summed E-state index contributed by atoms with van der Waals surface area (Å²) in [6.07, 6.45) is 4.34. The van der Waals surface area contributed by atoms with Crippen LogP contribution in [-0.2, 0) is 0 Å². The van der Waals surface area contributed by atoms with Gasteiger partial charge in [-0.05, 0) is 32.0 Å². The van der Waals surface area contributed by atoms with Gasteiger partial charge in [0, 0.05) is 29.2 Å². The Morgan fingerprint density at radius 3 is 2.80 bits per heavy atom. The molecule has 3 rings (SSSR count). The van der Waals surface area contributed by atoms with Crippen LogP contribution in [0.15, 0.2) is 30.5 Å². The third kappa shape index (κ3) is 2.62. The second kappa shape index (κ2) is 5.77. The van der Waals surface area contributed by atoms with Gasteiger partial charge in [0.25, 0.3) is 0 Å². The summed E-state index contributed by atoms with van der Waals surface area (Å²) in [7, 11) is 0. The van der Waals surface area contributed by atoms with Crippen LogP contribution in [0, 0.1) is 0 Å². The van der Waals surface area contributed by atoms with E-state index in [1.807, 2.05) is 24.3 Å². The van der Waals surface area contributed by atoms with Crippen molar-refractivity contribution in [3.05, 3.63) is 36.0 Å². The predicted molar refractivity (Wildman–Crippen MR) is 78.9 cm³/mol. The molecular weight excluding hydrogens is 252 g/mol. The van der Waals surface area contributed by atoms with Crippen molar-refractivity contribution in [1.82, 2.24) is 9.88 Å². The van der Waals surface area contributed by atoms with E-state index in [0.29, 0.717) is 12.1 Å². The maximum absolute atomic E-state index is 12.4. The number of ketones is 1. The number of hydrogen-bond donors (Lipinski definition) is 2. The molecule has 0 saturated carbocycles. The lowest BCUT2D eigenvalue weighted by Crippen LogP contribution is -2.39. The lowest BCUT2D eigenvalue weighted by Gasteiger charge is -2.27. The van der Waals surface area contributed by atoms with E-state index in [1.54, 1.807) is 6.20 Å². The van der Waals surface area contributed by atoms with Gasteiger partial charge in [0.2, 0.25) is 0 Å². The van der Waals surface area contributed by atoms with Gasteiger partial charge in [-0.25, -0.2) is 0 Å². The highest BCUT2D eigenvalue weighted by molar-refractivity contribution is 6.09. The second-order valence-electron chi connectivity index (χ2n) is 5.49. The summed E-state index contributed by atoms with van der Waals surface area (Å²) in [6.45, 7) is 2.41. The lowest BCUT2D eigenvalue weighted by molar-refractivity contribution is 0.0620. The van der Waals surface area contributed by atoms with Crippen LogP contribution in [-0.4, -0.2) is 46.5 Å². The molecule has 0 bridgehead atoms. The lowest BCUT2D eigenvalue weighted by atomic mass is 10.0. The summed E-state index contributed by atoms with van der Waals surface area (Å²) < 4.78 is 0. The number of benzene rings is 1. The van der Waals surface area contributed by atoms with Crippen molar-refractivity contribution in [2.75, 3.05) is 19.6 Å². The van der Waals surface area contributed by atoms with Crippen molar-refractivity contribution in [3.63, 3.8) is 0 Å². The summed E-state index contributed by atoms with van der Waals surface area (Å²) in [5, 5.41) is 11.1. The van der Waals surface area contributed by atoms with E-state index in [-0.39, 0.29) is 5.78 Å². The van der Waals surface area contributed by atoms with E-state index in [9.17, 15) is 9.90 Å². The Morgan fingerprint density at radius 1 is 1.25 bits per heavy atom. The molecule has 1 fully saturated rings. The van der Waals surface area contributed by atoms with Gasteiger partial charge in [-0.2, -0.15) is 0 Å². The van der Waals surface area contributed by atoms with Gasteiger partial charge in [0.15, 0.2) is 5.78 Å². The first-order chi connectivity index (χ1) is 9.75. The third-order valence-corrected chi connectivity index (χ3v) is 4.04. The van der Waals surface area contributed by atoms with Crippen LogP contribution in [0.2, 0.25) is 0 Å². The van der Waals surface area contributed by atoms with Crippen molar-refractivity contribution in [1.29, 1.82) is 0 Å². The number of aliphatic hydroxyl groups excluding tert-OH is 1. The number of likely N-dealkylation sites (tertiary alicyclic amines) is 1. The van der Waals surface area contributed by atoms with E-state index in [4.69, 9.17) is 0 Å². The highest BCUT2D eigenvalue weighted by Crippen LogP contribution is 2.20. The van der Waals surface area contributed by atoms with E-state index in [0.717, 1.165) is 36.8 Å². The Balaban J connectivity index is 1.74. The number of hydrogen-bond acceptors (Lipinski definition) is 3. The van der Waals surface area contributed by atoms with Crippen LogP contribution in [0.3, 0.4) is 0 Å². The fourth-order valence-corrected chi connectivity index (χ4v) is 2.92. The summed E-state index contributed by atoms with van der Waals surface area (Å²) in [5.41, 5.74) is 1.52. The van der Waals surface area contributed by atoms with Crippen LogP contribution >= 0.6 is 0 Å². The van der Waals surface area contributed by atoms with Crippen LogP contribution in [0.25, 0.3) is 10.9 Å². The number of nitrogens with one attached hydrogen (secondary N) is 1. The zero-order valence-electron chi connectivity index (χ0n) is 11.5. The number of piperidine rings is 1. The second-order valence-corrected chi connectivity index (χ2v) is 5.49. The van der Waals surface area contributed by atoms with E-state index < -0.39 is 6.10 Å². The molecule has 1 aromatic carbocycles. The molecule has 1 aliphatic heterocycles. The molecule has 20 heavy (non-hydrogen) atoms. The molecule has 2 N–H and O–H groups in total. The number of aliphatic hydroxyl groups is 1. The van der Waals surface area contributed by atoms with Gasteiger partial charge in [-0.3, -0.25) is 4.79 Å². The van der Waals surface area contributed by atoms with Crippen molar-refractivity contribution >= 4 is 16.7 Å². The Morgan fingerprint density at radius 2 is 2.00 bits per heavy atom. The van der Waals surface area contributed by atoms with Crippen molar-refractivity contribution in [2.24, 2.45) is 0 Å². The number of carbonyl (C=O) groups excluding carboxylic acids is 1. The highest BCUT2D eigenvalue weighted by atomic mass is 16.3. The molecular formula is C16H20N2O2. The molecule has 106 valence electrons. The topological polar surface area (TPSA) is 56.3 Å². The number of carbonyl (C=O) groups is 1. The predicted octanol–water partition coefficient (Wildman–Crippen LogP) is 2.20. The summed E-state index contributed by atoms with van der Waals surface area (Å²) in [6, 6.07) is 7.68. The first kappa shape index (κ1) is 13.3. The minimum atomic E-state index is -0.938. The largest absolute Gasteiger partial charge is 0.384 e. The van der Waals surface area contributed by atoms with Gasteiger partial charge in [0.1, 0.15) is 6.10 Å². The molecule has 0 radical (unpaired) electrons. The highest BCUT2D eigenvalue weighted by Gasteiger charge is 2.23. The average molecular weight is 272 g/mol. The molecule has 0 amide bonds. The van der Waals surface area contributed by atoms with Crippen LogP contribution < -0.4 is 0 Å². The quantitative estimate of drug-likeness (QED) is 0.839. The molecule has 0 aliphatic carbocycles. The van der Waals surface area contributed by atoms with Crippen LogP contribution in [0.1, 0.15) is 29.6 Å². The number of rotatable bonds is 4. The zero-order valence-corrected chi connectivity index (χ0v) is 11.5. The van der Waals surface area contributed by atoms with Crippen LogP contribution in [0.5, 0.6) is 0 Å². The normalized spacial score (nSPS) is 18.2. The first-order valence-electron chi connectivity index (χ1n) is 7.26. The first-order valence-corrected chi connectivity index (χ1v) is 7.26. The number of nitrogens with zero attached hydrogens (tertiary/aromatic N) is 1. The number of aromatic amines is 1.